The van der Waals surface area contributed by atoms with Gasteiger partial charge in [-0.05, 0) is 56.2 Å². The van der Waals surface area contributed by atoms with Crippen molar-refractivity contribution in [3.63, 3.8) is 0 Å². The van der Waals surface area contributed by atoms with E-state index in [1.54, 1.807) is 11.8 Å². The average Bonchev–Trinajstić information content (AvgIpc) is 2.63. The van der Waals surface area contributed by atoms with Gasteiger partial charge in [-0.3, -0.25) is 15.6 Å². The molecule has 5 nitrogen and oxygen atoms in total. The molecule has 2 aromatic rings. The first-order valence-electron chi connectivity index (χ1n) is 8.78. The lowest BCUT2D eigenvalue weighted by Crippen LogP contribution is -2.48. The molecule has 0 saturated carbocycles. The summed E-state index contributed by atoms with van der Waals surface area (Å²) in [4.78, 5) is 13.2. The average molecular weight is 403 g/mol. The minimum Gasteiger partial charge on any atom is -0.376 e. The molecule has 0 aliphatic carbocycles. The summed E-state index contributed by atoms with van der Waals surface area (Å²) in [6.07, 6.45) is 0. The van der Waals surface area contributed by atoms with E-state index in [2.05, 4.69) is 52.7 Å². The van der Waals surface area contributed by atoms with Crippen LogP contribution >= 0.6 is 24.0 Å². The van der Waals surface area contributed by atoms with Crippen LogP contribution in [0.15, 0.2) is 47.4 Å². The third-order valence-corrected chi connectivity index (χ3v) is 5.08. The fraction of sp³-hybridized carbons (Fsp3) is 0.300. The number of benzene rings is 2. The molecule has 0 bridgehead atoms. The Morgan fingerprint density at radius 3 is 2.37 bits per heavy atom. The normalized spacial score (nSPS) is 10.2. The first-order chi connectivity index (χ1) is 13.0. The van der Waals surface area contributed by atoms with Crippen LogP contribution in [0.25, 0.3) is 0 Å². The van der Waals surface area contributed by atoms with Crippen molar-refractivity contribution in [2.75, 3.05) is 24.2 Å². The second-order valence-corrected chi connectivity index (χ2v) is 7.79. The predicted octanol–water partition coefficient (Wildman–Crippen LogP) is 3.31. The lowest BCUT2D eigenvalue weighted by atomic mass is 10.1. The summed E-state index contributed by atoms with van der Waals surface area (Å²) < 4.78 is 0. The Morgan fingerprint density at radius 1 is 1.04 bits per heavy atom. The quantitative estimate of drug-likeness (QED) is 0.247. The molecule has 4 N–H and O–H groups in total. The largest absolute Gasteiger partial charge is 0.376 e. The summed E-state index contributed by atoms with van der Waals surface area (Å²) in [5.74, 6) is 0.699. The molecule has 7 heteroatoms. The van der Waals surface area contributed by atoms with Gasteiger partial charge in [-0.25, -0.2) is 0 Å². The Morgan fingerprint density at radius 2 is 1.70 bits per heavy atom. The lowest BCUT2D eigenvalue weighted by Gasteiger charge is -2.15. The Bertz CT molecular complexity index is 758. The number of rotatable bonds is 7. The molecule has 0 aromatic heterocycles. The van der Waals surface area contributed by atoms with Gasteiger partial charge < -0.3 is 10.6 Å². The van der Waals surface area contributed by atoms with Crippen LogP contribution in [0.4, 0.5) is 5.69 Å². The number of hydrazine groups is 1. The van der Waals surface area contributed by atoms with Gasteiger partial charge in [-0.1, -0.05) is 35.9 Å². The van der Waals surface area contributed by atoms with Crippen molar-refractivity contribution in [2.45, 2.75) is 25.7 Å². The first kappa shape index (κ1) is 21.1. The summed E-state index contributed by atoms with van der Waals surface area (Å²) in [5.41, 5.74) is 9.79. The summed E-state index contributed by atoms with van der Waals surface area (Å²) in [6.45, 7) is 7.01. The predicted molar refractivity (Wildman–Crippen MR) is 118 cm³/mol. The van der Waals surface area contributed by atoms with E-state index in [1.165, 1.54) is 10.5 Å². The fourth-order valence-corrected chi connectivity index (χ4v) is 3.64. The van der Waals surface area contributed by atoms with Crippen LogP contribution in [0.5, 0.6) is 0 Å². The maximum Gasteiger partial charge on any atom is 0.257 e. The number of nitrogens with one attached hydrogen (secondary N) is 4. The van der Waals surface area contributed by atoms with E-state index in [9.17, 15) is 4.79 Å². The zero-order valence-electron chi connectivity index (χ0n) is 15.9. The van der Waals surface area contributed by atoms with Crippen molar-refractivity contribution in [3.05, 3.63) is 59.2 Å². The molecule has 0 fully saturated rings. The van der Waals surface area contributed by atoms with Crippen LogP contribution in [-0.4, -0.2) is 29.9 Å². The van der Waals surface area contributed by atoms with Crippen molar-refractivity contribution in [2.24, 2.45) is 0 Å². The number of carbonyl (C=O) groups is 1. The molecular formula is C20H26N4OS2. The van der Waals surface area contributed by atoms with E-state index in [4.69, 9.17) is 12.2 Å². The van der Waals surface area contributed by atoms with E-state index in [0.717, 1.165) is 22.6 Å². The topological polar surface area (TPSA) is 65.2 Å². The molecule has 1 amide bonds. The van der Waals surface area contributed by atoms with Crippen molar-refractivity contribution >= 4 is 40.7 Å². The minimum atomic E-state index is -0.183. The van der Waals surface area contributed by atoms with E-state index in [-0.39, 0.29) is 12.5 Å². The van der Waals surface area contributed by atoms with E-state index in [0.29, 0.717) is 11.7 Å². The summed E-state index contributed by atoms with van der Waals surface area (Å²) in [5, 5.41) is 6.66. The number of amides is 1. The highest BCUT2D eigenvalue weighted by Crippen LogP contribution is 2.21. The van der Waals surface area contributed by atoms with Crippen molar-refractivity contribution in [1.29, 1.82) is 0 Å². The van der Waals surface area contributed by atoms with Crippen LogP contribution in [-0.2, 0) is 4.79 Å². The summed E-state index contributed by atoms with van der Waals surface area (Å²) in [7, 11) is 0. The number of carbonyl (C=O) groups excluding carboxylic acids is 1. The van der Waals surface area contributed by atoms with Gasteiger partial charge in [0.2, 0.25) is 0 Å². The number of thioether (sulfide) groups is 1. The van der Waals surface area contributed by atoms with Gasteiger partial charge in [-0.2, -0.15) is 0 Å². The van der Waals surface area contributed by atoms with E-state index >= 15 is 0 Å². The van der Waals surface area contributed by atoms with Crippen LogP contribution in [0, 0.1) is 20.8 Å². The highest BCUT2D eigenvalue weighted by molar-refractivity contribution is 7.99. The zero-order chi connectivity index (χ0) is 19.6. The summed E-state index contributed by atoms with van der Waals surface area (Å²) in [6, 6.07) is 14.4. The fourth-order valence-electron chi connectivity index (χ4n) is 2.69. The third kappa shape index (κ3) is 7.48. The smallest absolute Gasteiger partial charge is 0.257 e. The molecule has 0 atom stereocenters. The standard InChI is InChI=1S/C20H26N4OS2/c1-14-11-15(2)19(16(3)12-14)22-13-18(25)23-24-20(26)21-9-10-27-17-7-5-4-6-8-17/h4-8,11-12,22H,9-10,13H2,1-3H3,(H,23,25)(H2,21,24,26). The monoisotopic (exact) mass is 402 g/mol. The van der Waals surface area contributed by atoms with Crippen LogP contribution in [0.1, 0.15) is 16.7 Å². The van der Waals surface area contributed by atoms with E-state index in [1.807, 2.05) is 32.0 Å². The Labute approximate surface area is 170 Å². The van der Waals surface area contributed by atoms with Crippen molar-refractivity contribution < 1.29 is 4.79 Å². The van der Waals surface area contributed by atoms with Gasteiger partial charge in [0.1, 0.15) is 0 Å². The number of thiocarbonyl (C=S) groups is 1. The van der Waals surface area contributed by atoms with Gasteiger partial charge in [0.05, 0.1) is 6.54 Å². The first-order valence-corrected chi connectivity index (χ1v) is 10.2. The lowest BCUT2D eigenvalue weighted by molar-refractivity contribution is -0.119. The zero-order valence-corrected chi connectivity index (χ0v) is 17.5. The molecule has 0 unspecified atom stereocenters. The number of aryl methyl sites for hydroxylation is 3. The highest BCUT2D eigenvalue weighted by atomic mass is 32.2. The maximum atomic E-state index is 12.0. The Kier molecular flexibility index (Phi) is 8.42. The molecule has 144 valence electrons. The third-order valence-electron chi connectivity index (χ3n) is 3.82. The Balaban J connectivity index is 1.63. The summed E-state index contributed by atoms with van der Waals surface area (Å²) >= 11 is 6.92. The van der Waals surface area contributed by atoms with Crippen molar-refractivity contribution in [1.82, 2.24) is 16.2 Å². The van der Waals surface area contributed by atoms with Crippen LogP contribution in [0.3, 0.4) is 0 Å². The highest BCUT2D eigenvalue weighted by Gasteiger charge is 2.06. The van der Waals surface area contributed by atoms with Crippen molar-refractivity contribution in [3.8, 4) is 0 Å². The maximum absolute atomic E-state index is 12.0. The second kappa shape index (κ2) is 10.8. The molecule has 0 saturated heterocycles. The minimum absolute atomic E-state index is 0.171. The number of anilines is 1. The molecular weight excluding hydrogens is 376 g/mol. The number of hydrogen-bond acceptors (Lipinski definition) is 4. The van der Waals surface area contributed by atoms with Gasteiger partial charge >= 0.3 is 0 Å². The molecule has 0 spiro atoms. The number of hydrogen-bond donors (Lipinski definition) is 4. The van der Waals surface area contributed by atoms with Gasteiger partial charge in [0.25, 0.3) is 5.91 Å². The molecule has 27 heavy (non-hydrogen) atoms. The SMILES string of the molecule is Cc1cc(C)c(NCC(=O)NNC(=S)NCCSc2ccccc2)c(C)c1. The van der Waals surface area contributed by atoms with Crippen LogP contribution in [0.2, 0.25) is 0 Å². The molecule has 2 rings (SSSR count). The van der Waals surface area contributed by atoms with Crippen LogP contribution < -0.4 is 21.5 Å². The molecule has 2 aromatic carbocycles. The van der Waals surface area contributed by atoms with Gasteiger partial charge in [0, 0.05) is 22.9 Å². The van der Waals surface area contributed by atoms with E-state index < -0.39 is 0 Å². The van der Waals surface area contributed by atoms with Gasteiger partial charge in [-0.15, -0.1) is 11.8 Å². The Hall–Kier alpha value is -2.25. The van der Waals surface area contributed by atoms with Gasteiger partial charge in [0.15, 0.2) is 5.11 Å². The molecule has 0 radical (unpaired) electrons. The molecule has 0 heterocycles. The second-order valence-electron chi connectivity index (χ2n) is 6.22. The molecule has 0 aliphatic heterocycles. The molecule has 0 aliphatic rings.